The van der Waals surface area contributed by atoms with Crippen LogP contribution in [0.4, 0.5) is 10.5 Å². The first-order chi connectivity index (χ1) is 19.2. The number of aromatic nitrogens is 2. The molecule has 2 unspecified atom stereocenters. The molecule has 2 fully saturated rings. The van der Waals surface area contributed by atoms with Crippen molar-refractivity contribution in [2.24, 2.45) is 11.8 Å². The lowest BCUT2D eigenvalue weighted by molar-refractivity contribution is 0.00490. The van der Waals surface area contributed by atoms with E-state index in [1.807, 2.05) is 12.1 Å². The molecule has 3 aromatic heterocycles. The van der Waals surface area contributed by atoms with Gasteiger partial charge in [0.15, 0.2) is 8.32 Å². The van der Waals surface area contributed by atoms with E-state index in [1.165, 1.54) is 0 Å². The second-order valence-electron chi connectivity index (χ2n) is 13.2. The van der Waals surface area contributed by atoms with Crippen LogP contribution >= 0.6 is 0 Å². The van der Waals surface area contributed by atoms with Crippen LogP contribution in [0, 0.1) is 11.8 Å². The average molecular weight is 580 g/mol. The number of pyridine rings is 2. The maximum atomic E-state index is 13.5. The molecule has 1 saturated heterocycles. The van der Waals surface area contributed by atoms with Crippen molar-refractivity contribution in [3.8, 4) is 0 Å². The lowest BCUT2D eigenvalue weighted by Gasteiger charge is -2.52. The summed E-state index contributed by atoms with van der Waals surface area (Å²) in [6, 6.07) is 7.25. The molecule has 4 heterocycles. The van der Waals surface area contributed by atoms with Crippen LogP contribution in [0.25, 0.3) is 11.1 Å². The number of fused-ring (bicyclic) bond motifs is 1. The van der Waals surface area contributed by atoms with E-state index in [9.17, 15) is 14.7 Å². The molecule has 41 heavy (non-hydrogen) atoms. The summed E-state index contributed by atoms with van der Waals surface area (Å²) in [5.41, 5.74) is 0.408. The van der Waals surface area contributed by atoms with Crippen molar-refractivity contribution >= 4 is 37.1 Å². The largest absolute Gasteiger partial charge is 0.465 e. The molecule has 10 nitrogen and oxygen atoms in total. The Bertz CT molecular complexity index is 1470. The van der Waals surface area contributed by atoms with Gasteiger partial charge in [0.2, 0.25) is 5.71 Å². The van der Waals surface area contributed by atoms with Gasteiger partial charge in [0.05, 0.1) is 18.0 Å². The first kappa shape index (κ1) is 29.2. The first-order valence-corrected chi connectivity index (χ1v) is 17.2. The molecule has 1 saturated carbocycles. The summed E-state index contributed by atoms with van der Waals surface area (Å²) in [4.78, 5) is 34.6. The summed E-state index contributed by atoms with van der Waals surface area (Å²) in [5, 5.41) is 20.0. The SMILES string of the molecule is CC1CC1c1cc2ccc(C(=O)Nc3cnccc3[C@@]3(NC(=O)O)CNC[C@H](C)[C@H]3O[Si](C)(C)C(C)(C)C)nc2o1. The van der Waals surface area contributed by atoms with E-state index in [0.717, 1.165) is 17.6 Å². The van der Waals surface area contributed by atoms with Gasteiger partial charge in [-0.3, -0.25) is 9.78 Å². The van der Waals surface area contributed by atoms with Gasteiger partial charge in [-0.25, -0.2) is 9.78 Å². The number of amides is 2. The van der Waals surface area contributed by atoms with Crippen LogP contribution in [-0.2, 0) is 9.96 Å². The van der Waals surface area contributed by atoms with Gasteiger partial charge in [0, 0.05) is 36.2 Å². The highest BCUT2D eigenvalue weighted by Gasteiger charge is 2.52. The number of hydrogen-bond donors (Lipinski definition) is 4. The third kappa shape index (κ3) is 5.62. The quantitative estimate of drug-likeness (QED) is 0.262. The summed E-state index contributed by atoms with van der Waals surface area (Å²) in [5.74, 6) is 1.44. The maximum absolute atomic E-state index is 13.5. The summed E-state index contributed by atoms with van der Waals surface area (Å²) in [7, 11) is -2.33. The number of furan rings is 1. The van der Waals surface area contributed by atoms with Gasteiger partial charge in [-0.05, 0) is 60.7 Å². The van der Waals surface area contributed by atoms with Crippen LogP contribution in [0.3, 0.4) is 0 Å². The molecule has 5 rings (SSSR count). The minimum atomic E-state index is -2.33. The Labute approximate surface area is 241 Å². The predicted molar refractivity (Wildman–Crippen MR) is 160 cm³/mol. The van der Waals surface area contributed by atoms with Crippen LogP contribution in [0.15, 0.2) is 41.1 Å². The molecule has 2 aliphatic rings. The van der Waals surface area contributed by atoms with Gasteiger partial charge in [0.1, 0.15) is 17.0 Å². The molecule has 3 aromatic rings. The molecule has 5 atom stereocenters. The van der Waals surface area contributed by atoms with Gasteiger partial charge in [-0.15, -0.1) is 0 Å². The zero-order valence-electron chi connectivity index (χ0n) is 24.9. The Kier molecular flexibility index (Phi) is 7.50. The number of carbonyl (C=O) groups is 2. The van der Waals surface area contributed by atoms with Crippen LogP contribution in [-0.4, -0.2) is 54.6 Å². The molecule has 2 amide bonds. The number of piperidine rings is 1. The molecule has 0 bridgehead atoms. The smallest absolute Gasteiger partial charge is 0.405 e. The van der Waals surface area contributed by atoms with Gasteiger partial charge < -0.3 is 29.9 Å². The van der Waals surface area contributed by atoms with Crippen LogP contribution in [0.1, 0.15) is 68.8 Å². The molecule has 11 heteroatoms. The molecule has 220 valence electrons. The maximum Gasteiger partial charge on any atom is 0.405 e. The summed E-state index contributed by atoms with van der Waals surface area (Å²) >= 11 is 0. The lowest BCUT2D eigenvalue weighted by atomic mass is 9.76. The zero-order chi connectivity index (χ0) is 29.7. The van der Waals surface area contributed by atoms with Crippen molar-refractivity contribution in [3.63, 3.8) is 0 Å². The number of nitrogens with zero attached hydrogens (tertiary/aromatic N) is 2. The lowest BCUT2D eigenvalue weighted by Crippen LogP contribution is -2.68. The minimum absolute atomic E-state index is 0.0205. The van der Waals surface area contributed by atoms with Gasteiger partial charge >= 0.3 is 6.09 Å². The number of hydrogen-bond acceptors (Lipinski definition) is 7. The highest BCUT2D eigenvalue weighted by atomic mass is 28.4. The molecule has 4 N–H and O–H groups in total. The predicted octanol–water partition coefficient (Wildman–Crippen LogP) is 5.69. The first-order valence-electron chi connectivity index (χ1n) is 14.3. The van der Waals surface area contributed by atoms with Crippen LogP contribution < -0.4 is 16.0 Å². The standard InChI is InChI=1S/C30H41N5O5Si/c1-17-12-20(17)24-13-19-8-9-22(34-27(19)39-24)26(36)33-23-15-31-11-10-21(23)30(35-28(37)38)16-32-14-18(2)25(30)40-41(6,7)29(3,4)5/h8-11,13,15,17-18,20,25,32,35H,12,14,16H2,1-7H3,(H,33,36)(H,37,38)/t17?,18-,20?,25+,30-/m0/s1. The highest BCUT2D eigenvalue weighted by molar-refractivity contribution is 6.74. The molecule has 0 radical (unpaired) electrons. The third-order valence-corrected chi connectivity index (χ3v) is 13.5. The second kappa shape index (κ2) is 10.5. The van der Waals surface area contributed by atoms with E-state index in [4.69, 9.17) is 8.84 Å². The molecule has 0 aromatic carbocycles. The molecule has 1 aliphatic carbocycles. The van der Waals surface area contributed by atoms with Crippen molar-refractivity contribution in [3.05, 3.63) is 53.7 Å². The van der Waals surface area contributed by atoms with E-state index >= 15 is 0 Å². The number of carboxylic acid groups (broad SMARTS) is 1. The fraction of sp³-hybridized carbons (Fsp3) is 0.533. The Morgan fingerprint density at radius 3 is 2.59 bits per heavy atom. The van der Waals surface area contributed by atoms with Crippen molar-refractivity contribution in [1.29, 1.82) is 0 Å². The van der Waals surface area contributed by atoms with E-state index < -0.39 is 32.0 Å². The van der Waals surface area contributed by atoms with Crippen molar-refractivity contribution in [1.82, 2.24) is 20.6 Å². The van der Waals surface area contributed by atoms with Crippen LogP contribution in [0.5, 0.6) is 0 Å². The summed E-state index contributed by atoms with van der Waals surface area (Å²) in [6.07, 6.45) is 2.58. The van der Waals surface area contributed by atoms with Crippen molar-refractivity contribution in [2.75, 3.05) is 18.4 Å². The highest BCUT2D eigenvalue weighted by Crippen LogP contribution is 2.48. The van der Waals surface area contributed by atoms with Gasteiger partial charge in [0.25, 0.3) is 5.91 Å². The topological polar surface area (TPSA) is 139 Å². The molecular formula is C30H41N5O5Si. The Morgan fingerprint density at radius 1 is 1.20 bits per heavy atom. The summed E-state index contributed by atoms with van der Waals surface area (Å²) < 4.78 is 13.0. The van der Waals surface area contributed by atoms with Crippen molar-refractivity contribution in [2.45, 2.75) is 76.7 Å². The number of rotatable bonds is 7. The zero-order valence-corrected chi connectivity index (χ0v) is 25.9. The van der Waals surface area contributed by atoms with Gasteiger partial charge in [-0.2, -0.15) is 0 Å². The monoisotopic (exact) mass is 579 g/mol. The fourth-order valence-corrected chi connectivity index (χ4v) is 6.98. The van der Waals surface area contributed by atoms with E-state index in [-0.39, 0.29) is 23.2 Å². The normalized spacial score (nSPS) is 26.5. The van der Waals surface area contributed by atoms with E-state index in [1.54, 1.807) is 24.5 Å². The van der Waals surface area contributed by atoms with Gasteiger partial charge in [-0.1, -0.05) is 34.6 Å². The fourth-order valence-electron chi connectivity index (χ4n) is 5.56. The summed E-state index contributed by atoms with van der Waals surface area (Å²) in [6.45, 7) is 16.0. The number of nitrogens with one attached hydrogen (secondary N) is 3. The number of carbonyl (C=O) groups excluding carboxylic acids is 1. The van der Waals surface area contributed by atoms with E-state index in [0.29, 0.717) is 35.3 Å². The minimum Gasteiger partial charge on any atom is -0.465 e. The Balaban J connectivity index is 1.51. The Morgan fingerprint density at radius 2 is 1.93 bits per heavy atom. The molecule has 1 aliphatic heterocycles. The van der Waals surface area contributed by atoms with E-state index in [2.05, 4.69) is 73.6 Å². The molecular weight excluding hydrogens is 538 g/mol. The third-order valence-electron chi connectivity index (χ3n) is 9.09. The second-order valence-corrected chi connectivity index (χ2v) is 18.0. The van der Waals surface area contributed by atoms with Crippen LogP contribution in [0.2, 0.25) is 18.1 Å². The van der Waals surface area contributed by atoms with Crippen molar-refractivity contribution < 1.29 is 23.5 Å². The average Bonchev–Trinajstić information content (AvgIpc) is 3.46. The number of anilines is 1. The molecule has 0 spiro atoms. The Hall–Kier alpha value is -3.28.